The molecule has 138 valence electrons. The number of anilines is 1. The fourth-order valence-electron chi connectivity index (χ4n) is 2.99. The zero-order chi connectivity index (χ0) is 18.8. The number of hydrogen-bond donors (Lipinski definition) is 1. The zero-order valence-corrected chi connectivity index (χ0v) is 14.3. The predicted octanol–water partition coefficient (Wildman–Crippen LogP) is 1.81. The van der Waals surface area contributed by atoms with Gasteiger partial charge in [0.15, 0.2) is 0 Å². The first-order chi connectivity index (χ1) is 13.1. The van der Waals surface area contributed by atoms with Crippen molar-refractivity contribution in [3.8, 4) is 11.1 Å². The molecule has 9 heteroatoms. The maximum atomic E-state index is 14.7. The number of nitrogens with two attached hydrogens (primary N) is 1. The van der Waals surface area contributed by atoms with Crippen LogP contribution in [-0.2, 0) is 11.3 Å². The molecule has 1 saturated heterocycles. The molecule has 2 N–H and O–H groups in total. The van der Waals surface area contributed by atoms with E-state index in [0.717, 1.165) is 11.1 Å². The Labute approximate surface area is 154 Å². The van der Waals surface area contributed by atoms with Crippen LogP contribution in [-0.4, -0.2) is 45.5 Å². The molecule has 2 aromatic carbocycles. The number of cyclic esters (lactones) is 1. The Hall–Kier alpha value is -3.33. The van der Waals surface area contributed by atoms with Crippen LogP contribution in [0.25, 0.3) is 11.1 Å². The summed E-state index contributed by atoms with van der Waals surface area (Å²) in [7, 11) is 0. The van der Waals surface area contributed by atoms with Gasteiger partial charge >= 0.3 is 6.09 Å². The second-order valence-electron chi connectivity index (χ2n) is 6.22. The molecule has 27 heavy (non-hydrogen) atoms. The largest absolute Gasteiger partial charge is 0.443 e. The van der Waals surface area contributed by atoms with Crippen LogP contribution in [0, 0.1) is 5.82 Å². The summed E-state index contributed by atoms with van der Waals surface area (Å²) >= 11 is 0. The highest BCUT2D eigenvalue weighted by atomic mass is 19.1. The Morgan fingerprint density at radius 3 is 2.67 bits per heavy atom. The summed E-state index contributed by atoms with van der Waals surface area (Å²) < 4.78 is 21.4. The lowest BCUT2D eigenvalue weighted by Gasteiger charge is -2.14. The molecule has 1 unspecified atom stereocenters. The van der Waals surface area contributed by atoms with Crippen molar-refractivity contribution in [2.24, 2.45) is 5.73 Å². The number of carbonyl (C=O) groups is 1. The number of benzene rings is 2. The van der Waals surface area contributed by atoms with Gasteiger partial charge in [0.1, 0.15) is 18.2 Å². The van der Waals surface area contributed by atoms with Gasteiger partial charge in [0.25, 0.3) is 0 Å². The highest BCUT2D eigenvalue weighted by Gasteiger charge is 2.31. The number of halogens is 1. The Balaban J connectivity index is 1.53. The molecular formula is C18H17FN6O2. The highest BCUT2D eigenvalue weighted by molar-refractivity contribution is 5.90. The van der Waals surface area contributed by atoms with Gasteiger partial charge in [-0.3, -0.25) is 4.90 Å². The first-order valence-electron chi connectivity index (χ1n) is 8.42. The number of amides is 1. The van der Waals surface area contributed by atoms with Gasteiger partial charge < -0.3 is 10.5 Å². The number of nitrogens with zero attached hydrogens (tertiary/aromatic N) is 5. The van der Waals surface area contributed by atoms with E-state index in [1.165, 1.54) is 17.3 Å². The molecule has 1 amide bonds. The minimum Gasteiger partial charge on any atom is -0.443 e. The van der Waals surface area contributed by atoms with E-state index in [-0.39, 0.29) is 12.6 Å². The minimum absolute atomic E-state index is 0.236. The third kappa shape index (κ3) is 3.49. The van der Waals surface area contributed by atoms with E-state index in [4.69, 9.17) is 10.5 Å². The third-order valence-electron chi connectivity index (χ3n) is 4.40. The minimum atomic E-state index is -0.510. The van der Waals surface area contributed by atoms with Gasteiger partial charge in [-0.1, -0.05) is 24.3 Å². The molecule has 1 aromatic heterocycles. The van der Waals surface area contributed by atoms with Crippen molar-refractivity contribution in [1.82, 2.24) is 20.2 Å². The lowest BCUT2D eigenvalue weighted by Crippen LogP contribution is -2.27. The normalized spacial score (nSPS) is 16.6. The van der Waals surface area contributed by atoms with Gasteiger partial charge in [-0.2, -0.15) is 0 Å². The molecule has 2 heterocycles. The summed E-state index contributed by atoms with van der Waals surface area (Å²) in [4.78, 5) is 13.3. The van der Waals surface area contributed by atoms with Crippen LogP contribution < -0.4 is 10.6 Å². The number of tetrazole rings is 1. The van der Waals surface area contributed by atoms with E-state index < -0.39 is 11.9 Å². The monoisotopic (exact) mass is 368 g/mol. The quantitative estimate of drug-likeness (QED) is 0.737. The standard InChI is InChI=1S/C18H17FN6O2/c19-17-7-14(25-10-15(8-20)27-18(25)26)5-6-16(17)13-3-1-12(2-4-13)9-24-11-21-22-23-24/h1-7,11,15H,8-10,20H2. The smallest absolute Gasteiger partial charge is 0.414 e. The maximum Gasteiger partial charge on any atom is 0.414 e. The summed E-state index contributed by atoms with van der Waals surface area (Å²) in [6.07, 6.45) is 0.655. The SMILES string of the molecule is NCC1CN(c2ccc(-c3ccc(Cn4cnnn4)cc3)c(F)c2)C(=O)O1. The van der Waals surface area contributed by atoms with Crippen LogP contribution in [0.15, 0.2) is 48.8 Å². The van der Waals surface area contributed by atoms with Gasteiger partial charge in [-0.05, 0) is 39.8 Å². The summed E-state index contributed by atoms with van der Waals surface area (Å²) in [5.41, 5.74) is 8.17. The predicted molar refractivity (Wildman–Crippen MR) is 95.4 cm³/mol. The summed E-state index contributed by atoms with van der Waals surface area (Å²) in [5, 5.41) is 11.0. The lowest BCUT2D eigenvalue weighted by atomic mass is 10.0. The second-order valence-corrected chi connectivity index (χ2v) is 6.22. The molecule has 1 aliphatic rings. The summed E-state index contributed by atoms with van der Waals surface area (Å²) in [6.45, 7) is 1.09. The molecule has 3 aromatic rings. The van der Waals surface area contributed by atoms with Gasteiger partial charge in [0.2, 0.25) is 0 Å². The van der Waals surface area contributed by atoms with E-state index >= 15 is 0 Å². The fraction of sp³-hybridized carbons (Fsp3) is 0.222. The molecule has 0 bridgehead atoms. The van der Waals surface area contributed by atoms with Crippen molar-refractivity contribution in [3.05, 3.63) is 60.2 Å². The van der Waals surface area contributed by atoms with E-state index in [0.29, 0.717) is 24.3 Å². The number of ether oxygens (including phenoxy) is 1. The van der Waals surface area contributed by atoms with Crippen LogP contribution in [0.3, 0.4) is 0 Å². The zero-order valence-electron chi connectivity index (χ0n) is 14.3. The summed E-state index contributed by atoms with van der Waals surface area (Å²) in [5.74, 6) is -0.412. The van der Waals surface area contributed by atoms with Crippen molar-refractivity contribution < 1.29 is 13.9 Å². The number of carbonyl (C=O) groups excluding carboxylic acids is 1. The molecule has 0 spiro atoms. The van der Waals surface area contributed by atoms with Gasteiger partial charge in [0.05, 0.1) is 18.8 Å². The van der Waals surface area contributed by atoms with E-state index in [1.54, 1.807) is 16.8 Å². The van der Waals surface area contributed by atoms with Crippen LogP contribution >= 0.6 is 0 Å². The average Bonchev–Trinajstić information content (AvgIpc) is 3.32. The number of rotatable bonds is 5. The maximum absolute atomic E-state index is 14.7. The average molecular weight is 368 g/mol. The fourth-order valence-corrected chi connectivity index (χ4v) is 2.99. The van der Waals surface area contributed by atoms with Crippen molar-refractivity contribution in [3.63, 3.8) is 0 Å². The topological polar surface area (TPSA) is 99.2 Å². The Morgan fingerprint density at radius 1 is 1.22 bits per heavy atom. The molecule has 1 fully saturated rings. The Morgan fingerprint density at radius 2 is 2.04 bits per heavy atom. The first kappa shape index (κ1) is 17.1. The molecular weight excluding hydrogens is 351 g/mol. The van der Waals surface area contributed by atoms with Gasteiger partial charge in [0, 0.05) is 12.1 Å². The van der Waals surface area contributed by atoms with Crippen LogP contribution in [0.4, 0.5) is 14.9 Å². The van der Waals surface area contributed by atoms with E-state index in [2.05, 4.69) is 15.5 Å². The van der Waals surface area contributed by atoms with Crippen LogP contribution in [0.2, 0.25) is 0 Å². The van der Waals surface area contributed by atoms with Crippen LogP contribution in [0.5, 0.6) is 0 Å². The van der Waals surface area contributed by atoms with E-state index in [1.807, 2.05) is 24.3 Å². The second kappa shape index (κ2) is 7.12. The van der Waals surface area contributed by atoms with Gasteiger partial charge in [-0.15, -0.1) is 5.10 Å². The number of hydrogen-bond acceptors (Lipinski definition) is 6. The van der Waals surface area contributed by atoms with Crippen LogP contribution in [0.1, 0.15) is 5.56 Å². The molecule has 0 radical (unpaired) electrons. The van der Waals surface area contributed by atoms with Gasteiger partial charge in [-0.25, -0.2) is 13.9 Å². The highest BCUT2D eigenvalue weighted by Crippen LogP contribution is 2.29. The first-order valence-corrected chi connectivity index (χ1v) is 8.42. The van der Waals surface area contributed by atoms with Crippen molar-refractivity contribution in [2.45, 2.75) is 12.6 Å². The van der Waals surface area contributed by atoms with Crippen molar-refractivity contribution >= 4 is 11.8 Å². The number of aromatic nitrogens is 4. The molecule has 1 atom stereocenters. The molecule has 4 rings (SSSR count). The molecule has 0 aliphatic carbocycles. The third-order valence-corrected chi connectivity index (χ3v) is 4.40. The Kier molecular flexibility index (Phi) is 4.51. The van der Waals surface area contributed by atoms with Crippen molar-refractivity contribution in [1.29, 1.82) is 0 Å². The lowest BCUT2D eigenvalue weighted by molar-refractivity contribution is 0.145. The summed E-state index contributed by atoms with van der Waals surface area (Å²) in [6, 6.07) is 12.2. The van der Waals surface area contributed by atoms with Crippen molar-refractivity contribution in [2.75, 3.05) is 18.0 Å². The molecule has 8 nitrogen and oxygen atoms in total. The molecule has 0 saturated carbocycles. The van der Waals surface area contributed by atoms with E-state index in [9.17, 15) is 9.18 Å². The molecule has 1 aliphatic heterocycles. The Bertz CT molecular complexity index is 945.